The molecule has 2 nitrogen and oxygen atoms in total. The van der Waals surface area contributed by atoms with Gasteiger partial charge in [-0.1, -0.05) is 25.1 Å². The average molecular weight is 252 g/mol. The summed E-state index contributed by atoms with van der Waals surface area (Å²) in [5.41, 5.74) is 12.0. The number of aryl methyl sites for hydroxylation is 2. The van der Waals surface area contributed by atoms with Crippen LogP contribution in [0.1, 0.15) is 47.6 Å². The molecule has 0 saturated carbocycles. The molecule has 2 atom stereocenters. The highest BCUT2D eigenvalue weighted by Gasteiger charge is 2.19. The van der Waals surface area contributed by atoms with Crippen molar-refractivity contribution in [3.05, 3.63) is 65.0 Å². The molecule has 1 heterocycles. The Morgan fingerprint density at radius 3 is 2.53 bits per heavy atom. The van der Waals surface area contributed by atoms with Gasteiger partial charge in [0.05, 0.1) is 0 Å². The first-order valence-electron chi connectivity index (χ1n) is 7.03. The van der Waals surface area contributed by atoms with Crippen LogP contribution in [-0.2, 0) is 12.8 Å². The Kier molecular flexibility index (Phi) is 3.34. The van der Waals surface area contributed by atoms with Gasteiger partial charge in [0.25, 0.3) is 0 Å². The van der Waals surface area contributed by atoms with Gasteiger partial charge in [0.15, 0.2) is 0 Å². The highest BCUT2D eigenvalue weighted by atomic mass is 14.7. The number of hydrogen-bond acceptors (Lipinski definition) is 2. The third-order valence-corrected chi connectivity index (χ3v) is 4.28. The van der Waals surface area contributed by atoms with E-state index in [0.29, 0.717) is 5.92 Å². The van der Waals surface area contributed by atoms with Crippen molar-refractivity contribution in [2.24, 2.45) is 5.73 Å². The summed E-state index contributed by atoms with van der Waals surface area (Å²) in [5, 5.41) is 0. The lowest BCUT2D eigenvalue weighted by Gasteiger charge is -2.21. The Labute approximate surface area is 114 Å². The number of pyridine rings is 1. The largest absolute Gasteiger partial charge is 0.323 e. The van der Waals surface area contributed by atoms with Crippen molar-refractivity contribution in [2.45, 2.75) is 38.1 Å². The number of fused-ring (bicyclic) bond motifs is 1. The number of aromatic nitrogens is 1. The van der Waals surface area contributed by atoms with Crippen LogP contribution >= 0.6 is 0 Å². The van der Waals surface area contributed by atoms with Gasteiger partial charge in [-0.3, -0.25) is 4.98 Å². The van der Waals surface area contributed by atoms with Gasteiger partial charge in [-0.05, 0) is 53.6 Å². The van der Waals surface area contributed by atoms with E-state index in [1.807, 2.05) is 12.4 Å². The van der Waals surface area contributed by atoms with Crippen molar-refractivity contribution in [2.75, 3.05) is 0 Å². The van der Waals surface area contributed by atoms with Gasteiger partial charge in [-0.2, -0.15) is 0 Å². The van der Waals surface area contributed by atoms with E-state index < -0.39 is 0 Å². The summed E-state index contributed by atoms with van der Waals surface area (Å²) in [7, 11) is 0. The van der Waals surface area contributed by atoms with Crippen molar-refractivity contribution in [1.82, 2.24) is 4.98 Å². The monoisotopic (exact) mass is 252 g/mol. The Hall–Kier alpha value is -1.67. The van der Waals surface area contributed by atoms with Crippen LogP contribution in [-0.4, -0.2) is 4.98 Å². The van der Waals surface area contributed by atoms with Gasteiger partial charge in [0.2, 0.25) is 0 Å². The fourth-order valence-electron chi connectivity index (χ4n) is 2.96. The minimum Gasteiger partial charge on any atom is -0.323 e. The molecule has 0 bridgehead atoms. The summed E-state index contributed by atoms with van der Waals surface area (Å²) in [6, 6.07) is 10.9. The molecule has 1 aromatic heterocycles. The van der Waals surface area contributed by atoms with Gasteiger partial charge in [0.1, 0.15) is 0 Å². The normalized spacial score (nSPS) is 16.9. The molecular weight excluding hydrogens is 232 g/mol. The number of benzene rings is 1. The molecular formula is C17H20N2. The molecule has 0 saturated heterocycles. The van der Waals surface area contributed by atoms with Gasteiger partial charge >= 0.3 is 0 Å². The lowest BCUT2D eigenvalue weighted by Crippen LogP contribution is -2.18. The Bertz CT molecular complexity index is 563. The first-order chi connectivity index (χ1) is 9.25. The molecule has 98 valence electrons. The van der Waals surface area contributed by atoms with Gasteiger partial charge in [-0.15, -0.1) is 0 Å². The minimum absolute atomic E-state index is 0.0494. The van der Waals surface area contributed by atoms with Crippen molar-refractivity contribution >= 4 is 0 Å². The van der Waals surface area contributed by atoms with E-state index in [1.165, 1.54) is 41.5 Å². The smallest absolute Gasteiger partial charge is 0.0361 e. The van der Waals surface area contributed by atoms with Crippen molar-refractivity contribution in [3.63, 3.8) is 0 Å². The van der Waals surface area contributed by atoms with E-state index >= 15 is 0 Å². The molecule has 3 rings (SSSR count). The molecule has 0 radical (unpaired) electrons. The standard InChI is InChI=1S/C17H20N2/c1-12(13-7-9-19-10-8-13)17(18)16-6-5-14-3-2-4-15(14)11-16/h5-12,17H,2-4,18H2,1H3. The fourth-order valence-corrected chi connectivity index (χ4v) is 2.96. The summed E-state index contributed by atoms with van der Waals surface area (Å²) >= 11 is 0. The predicted molar refractivity (Wildman–Crippen MR) is 78.0 cm³/mol. The van der Waals surface area contributed by atoms with Crippen LogP contribution in [0.25, 0.3) is 0 Å². The third-order valence-electron chi connectivity index (χ3n) is 4.28. The summed E-state index contributed by atoms with van der Waals surface area (Å²) < 4.78 is 0. The molecule has 2 unspecified atom stereocenters. The zero-order valence-corrected chi connectivity index (χ0v) is 11.3. The Balaban J connectivity index is 1.86. The van der Waals surface area contributed by atoms with E-state index in [-0.39, 0.29) is 6.04 Å². The lowest BCUT2D eigenvalue weighted by molar-refractivity contribution is 0.597. The maximum Gasteiger partial charge on any atom is 0.0361 e. The maximum atomic E-state index is 6.44. The van der Waals surface area contributed by atoms with Gasteiger partial charge < -0.3 is 5.73 Å². The quantitative estimate of drug-likeness (QED) is 0.909. The molecule has 0 fully saturated rings. The highest BCUT2D eigenvalue weighted by Crippen LogP contribution is 2.31. The minimum atomic E-state index is 0.0494. The number of hydrogen-bond donors (Lipinski definition) is 1. The Morgan fingerprint density at radius 2 is 1.74 bits per heavy atom. The summed E-state index contributed by atoms with van der Waals surface area (Å²) in [6.45, 7) is 2.19. The molecule has 19 heavy (non-hydrogen) atoms. The predicted octanol–water partition coefficient (Wildman–Crippen LogP) is 3.37. The molecule has 0 amide bonds. The lowest BCUT2D eigenvalue weighted by atomic mass is 9.88. The van der Waals surface area contributed by atoms with Crippen LogP contribution in [0.4, 0.5) is 0 Å². The molecule has 0 spiro atoms. The van der Waals surface area contributed by atoms with Crippen LogP contribution in [0.5, 0.6) is 0 Å². The second-order valence-electron chi connectivity index (χ2n) is 5.48. The van der Waals surface area contributed by atoms with Crippen molar-refractivity contribution in [3.8, 4) is 0 Å². The fraction of sp³-hybridized carbons (Fsp3) is 0.353. The summed E-state index contributed by atoms with van der Waals surface area (Å²) in [4.78, 5) is 4.07. The first kappa shape index (κ1) is 12.4. The van der Waals surface area contributed by atoms with E-state index in [2.05, 4.69) is 42.2 Å². The third kappa shape index (κ3) is 2.41. The van der Waals surface area contributed by atoms with Crippen LogP contribution in [0.3, 0.4) is 0 Å². The average Bonchev–Trinajstić information content (AvgIpc) is 2.94. The van der Waals surface area contributed by atoms with E-state index in [4.69, 9.17) is 5.73 Å². The number of nitrogens with two attached hydrogens (primary N) is 1. The molecule has 0 aliphatic heterocycles. The van der Waals surface area contributed by atoms with Crippen LogP contribution < -0.4 is 5.73 Å². The summed E-state index contributed by atoms with van der Waals surface area (Å²) in [5.74, 6) is 0.308. The molecule has 2 heteroatoms. The van der Waals surface area contributed by atoms with E-state index in [9.17, 15) is 0 Å². The topological polar surface area (TPSA) is 38.9 Å². The van der Waals surface area contributed by atoms with Crippen LogP contribution in [0, 0.1) is 0 Å². The van der Waals surface area contributed by atoms with Crippen LogP contribution in [0.2, 0.25) is 0 Å². The zero-order valence-electron chi connectivity index (χ0n) is 11.3. The van der Waals surface area contributed by atoms with Crippen molar-refractivity contribution in [1.29, 1.82) is 0 Å². The van der Waals surface area contributed by atoms with Gasteiger partial charge in [-0.25, -0.2) is 0 Å². The van der Waals surface area contributed by atoms with Gasteiger partial charge in [0, 0.05) is 24.4 Å². The van der Waals surface area contributed by atoms with E-state index in [1.54, 1.807) is 0 Å². The second-order valence-corrected chi connectivity index (χ2v) is 5.48. The summed E-state index contributed by atoms with van der Waals surface area (Å²) in [6.07, 6.45) is 7.39. The zero-order chi connectivity index (χ0) is 13.2. The molecule has 1 aliphatic carbocycles. The number of nitrogens with zero attached hydrogens (tertiary/aromatic N) is 1. The molecule has 1 aliphatic rings. The molecule has 1 aromatic carbocycles. The molecule has 2 aromatic rings. The van der Waals surface area contributed by atoms with Crippen LogP contribution in [0.15, 0.2) is 42.7 Å². The SMILES string of the molecule is CC(c1ccncc1)C(N)c1ccc2c(c1)CCC2. The molecule has 2 N–H and O–H groups in total. The maximum absolute atomic E-state index is 6.44. The first-order valence-corrected chi connectivity index (χ1v) is 7.03. The second kappa shape index (κ2) is 5.14. The highest BCUT2D eigenvalue weighted by molar-refractivity contribution is 5.37. The van der Waals surface area contributed by atoms with Crippen molar-refractivity contribution < 1.29 is 0 Å². The van der Waals surface area contributed by atoms with E-state index in [0.717, 1.165) is 0 Å². The number of rotatable bonds is 3. The Morgan fingerprint density at radius 1 is 1.00 bits per heavy atom.